The highest BCUT2D eigenvalue weighted by Gasteiger charge is 2.27. The Morgan fingerprint density at radius 3 is 2.19 bits per heavy atom. The second-order valence-electron chi connectivity index (χ2n) is 6.13. The molecule has 0 aromatic heterocycles. The van der Waals surface area contributed by atoms with E-state index in [4.69, 9.17) is 9.47 Å². The summed E-state index contributed by atoms with van der Waals surface area (Å²) in [6, 6.07) is 17.0. The topological polar surface area (TPSA) is 42.0 Å². The summed E-state index contributed by atoms with van der Waals surface area (Å²) in [7, 11) is 1.68. The lowest BCUT2D eigenvalue weighted by molar-refractivity contribution is -0.140. The van der Waals surface area contributed by atoms with Gasteiger partial charge in [-0.2, -0.15) is 0 Å². The van der Waals surface area contributed by atoms with Crippen LogP contribution in [-0.2, 0) is 4.79 Å². The van der Waals surface area contributed by atoms with Gasteiger partial charge in [0, 0.05) is 37.9 Å². The van der Waals surface area contributed by atoms with Crippen molar-refractivity contribution in [2.45, 2.75) is 13.0 Å². The zero-order valence-electron chi connectivity index (χ0n) is 15.5. The van der Waals surface area contributed by atoms with Crippen LogP contribution < -0.4 is 14.4 Å². The third-order valence-electron chi connectivity index (χ3n) is 4.58. The van der Waals surface area contributed by atoms with Crippen molar-refractivity contribution >= 4 is 36.5 Å². The van der Waals surface area contributed by atoms with E-state index in [2.05, 4.69) is 15.9 Å². The molecule has 2 aromatic carbocycles. The van der Waals surface area contributed by atoms with Crippen LogP contribution >= 0.6 is 24.8 Å². The average molecular weight is 413 g/mol. The number of carbonyl (C=O) groups is 1. The lowest BCUT2D eigenvalue weighted by atomic mass is 10.2. The fourth-order valence-corrected chi connectivity index (χ4v) is 3.01. The molecule has 1 heterocycles. The monoisotopic (exact) mass is 412 g/mol. The molecule has 1 saturated heterocycles. The number of piperazine rings is 1. The Balaban J connectivity index is 0.00000182. The first-order chi connectivity index (χ1) is 12.2. The maximum absolute atomic E-state index is 12.4. The first-order valence-electron chi connectivity index (χ1n) is 8.57. The number of benzene rings is 2. The maximum atomic E-state index is 12.4. The third-order valence-corrected chi connectivity index (χ3v) is 4.58. The van der Waals surface area contributed by atoms with Gasteiger partial charge in [0.15, 0.2) is 0 Å². The van der Waals surface area contributed by atoms with E-state index in [1.807, 2.05) is 43.3 Å². The molecule has 5 nitrogen and oxygen atoms in total. The lowest BCUT2D eigenvalue weighted by Gasteiger charge is -2.38. The van der Waals surface area contributed by atoms with Crippen LogP contribution in [0.1, 0.15) is 6.92 Å². The van der Waals surface area contributed by atoms with Crippen LogP contribution in [0.25, 0.3) is 0 Å². The normalized spacial score (nSPS) is 15.1. The van der Waals surface area contributed by atoms with Crippen molar-refractivity contribution in [1.82, 2.24) is 4.90 Å². The van der Waals surface area contributed by atoms with Crippen LogP contribution in [0.3, 0.4) is 0 Å². The van der Waals surface area contributed by atoms with E-state index in [1.165, 1.54) is 0 Å². The molecule has 3 rings (SSSR count). The molecule has 27 heavy (non-hydrogen) atoms. The second-order valence-corrected chi connectivity index (χ2v) is 6.13. The van der Waals surface area contributed by atoms with E-state index in [1.54, 1.807) is 19.2 Å². The minimum atomic E-state index is -0.257. The summed E-state index contributed by atoms with van der Waals surface area (Å²) in [6.07, 6.45) is 0. The van der Waals surface area contributed by atoms with Gasteiger partial charge >= 0.3 is 5.97 Å². The molecule has 0 bridgehead atoms. The zero-order valence-corrected chi connectivity index (χ0v) is 17.2. The van der Waals surface area contributed by atoms with Crippen molar-refractivity contribution in [2.24, 2.45) is 0 Å². The molecular formula is C20H26Cl2N2O3. The number of ether oxygens (including phenoxy) is 2. The van der Waals surface area contributed by atoms with Crippen LogP contribution in [0.2, 0.25) is 0 Å². The van der Waals surface area contributed by atoms with Crippen LogP contribution in [0.15, 0.2) is 54.6 Å². The van der Waals surface area contributed by atoms with Crippen molar-refractivity contribution in [1.29, 1.82) is 0 Å². The number of nitrogens with zero attached hydrogens (tertiary/aromatic N) is 2. The minimum absolute atomic E-state index is 0. The van der Waals surface area contributed by atoms with Crippen LogP contribution in [-0.4, -0.2) is 50.2 Å². The molecule has 2 aromatic rings. The number of methoxy groups -OCH3 is 1. The van der Waals surface area contributed by atoms with Gasteiger partial charge in [-0.05, 0) is 31.2 Å². The van der Waals surface area contributed by atoms with Crippen molar-refractivity contribution in [2.75, 3.05) is 38.2 Å². The first kappa shape index (κ1) is 23.1. The minimum Gasteiger partial charge on any atom is -0.497 e. The first-order valence-corrected chi connectivity index (χ1v) is 8.57. The molecule has 0 spiro atoms. The van der Waals surface area contributed by atoms with Gasteiger partial charge in [0.25, 0.3) is 0 Å². The molecule has 0 saturated carbocycles. The van der Waals surface area contributed by atoms with Gasteiger partial charge in [-0.3, -0.25) is 4.90 Å². The van der Waals surface area contributed by atoms with E-state index in [-0.39, 0.29) is 36.8 Å². The van der Waals surface area contributed by atoms with Crippen LogP contribution in [0, 0.1) is 0 Å². The van der Waals surface area contributed by atoms with Gasteiger partial charge in [-0.15, -0.1) is 24.8 Å². The van der Waals surface area contributed by atoms with Gasteiger partial charge in [0.05, 0.1) is 7.11 Å². The third kappa shape index (κ3) is 6.03. The molecule has 1 aliphatic rings. The molecule has 1 fully saturated rings. The number of anilines is 1. The number of esters is 1. The summed E-state index contributed by atoms with van der Waals surface area (Å²) in [4.78, 5) is 16.8. The van der Waals surface area contributed by atoms with Gasteiger partial charge in [0.1, 0.15) is 17.5 Å². The van der Waals surface area contributed by atoms with E-state index < -0.39 is 0 Å². The fourth-order valence-electron chi connectivity index (χ4n) is 3.01. The highest BCUT2D eigenvalue weighted by atomic mass is 35.5. The predicted molar refractivity (Wildman–Crippen MR) is 113 cm³/mol. The van der Waals surface area contributed by atoms with Gasteiger partial charge in [-0.1, -0.05) is 24.3 Å². The molecule has 1 aliphatic heterocycles. The van der Waals surface area contributed by atoms with E-state index in [9.17, 15) is 4.79 Å². The molecule has 0 aliphatic carbocycles. The summed E-state index contributed by atoms with van der Waals surface area (Å²) < 4.78 is 10.8. The molecule has 0 radical (unpaired) electrons. The van der Waals surface area contributed by atoms with Gasteiger partial charge < -0.3 is 14.4 Å². The van der Waals surface area contributed by atoms with Crippen molar-refractivity contribution in [3.05, 3.63) is 54.6 Å². The van der Waals surface area contributed by atoms with E-state index >= 15 is 0 Å². The smallest absolute Gasteiger partial charge is 0.328 e. The number of rotatable bonds is 5. The molecule has 0 amide bonds. The molecule has 1 unspecified atom stereocenters. The Labute approximate surface area is 173 Å². The number of hydrogen-bond donors (Lipinski definition) is 0. The van der Waals surface area contributed by atoms with Crippen molar-refractivity contribution in [3.63, 3.8) is 0 Å². The Morgan fingerprint density at radius 2 is 1.56 bits per heavy atom. The van der Waals surface area contributed by atoms with E-state index in [0.29, 0.717) is 5.75 Å². The highest BCUT2D eigenvalue weighted by molar-refractivity contribution is 5.85. The predicted octanol–water partition coefficient (Wildman–Crippen LogP) is 3.65. The van der Waals surface area contributed by atoms with Crippen molar-refractivity contribution in [3.8, 4) is 11.5 Å². The summed E-state index contributed by atoms with van der Waals surface area (Å²) in [5, 5.41) is 0. The standard InChI is InChI=1S/C20H24N2O3.2ClH/c1-16(20(23)25-18-8-4-3-5-9-18)21-11-13-22(14-12-21)17-7-6-10-19(15-17)24-2;;/h3-10,15-16H,11-14H2,1-2H3;2*1H. The molecule has 0 N–H and O–H groups in total. The number of halogens is 2. The molecular weight excluding hydrogens is 387 g/mol. The summed E-state index contributed by atoms with van der Waals surface area (Å²) >= 11 is 0. The Hall–Kier alpha value is -1.95. The highest BCUT2D eigenvalue weighted by Crippen LogP contribution is 2.22. The average Bonchev–Trinajstić information content (AvgIpc) is 2.68. The maximum Gasteiger partial charge on any atom is 0.328 e. The quantitative estimate of drug-likeness (QED) is 0.553. The Bertz CT molecular complexity index is 707. The van der Waals surface area contributed by atoms with Gasteiger partial charge in [-0.25, -0.2) is 4.79 Å². The zero-order chi connectivity index (χ0) is 17.6. The van der Waals surface area contributed by atoms with E-state index in [0.717, 1.165) is 37.6 Å². The summed E-state index contributed by atoms with van der Waals surface area (Å²) in [5.41, 5.74) is 1.15. The number of carbonyl (C=O) groups excluding carboxylic acids is 1. The van der Waals surface area contributed by atoms with Crippen LogP contribution in [0.4, 0.5) is 5.69 Å². The Kier molecular flexibility index (Phi) is 9.43. The largest absolute Gasteiger partial charge is 0.497 e. The SMILES string of the molecule is COc1cccc(N2CCN(C(C)C(=O)Oc3ccccc3)CC2)c1.Cl.Cl. The van der Waals surface area contributed by atoms with Crippen molar-refractivity contribution < 1.29 is 14.3 Å². The van der Waals surface area contributed by atoms with Crippen LogP contribution in [0.5, 0.6) is 11.5 Å². The molecule has 7 heteroatoms. The number of para-hydroxylation sites is 1. The Morgan fingerprint density at radius 1 is 0.926 bits per heavy atom. The second kappa shape index (κ2) is 11.0. The number of hydrogen-bond acceptors (Lipinski definition) is 5. The summed E-state index contributed by atoms with van der Waals surface area (Å²) in [5.74, 6) is 1.25. The molecule has 1 atom stereocenters. The molecule has 148 valence electrons. The summed E-state index contributed by atoms with van der Waals surface area (Å²) in [6.45, 7) is 5.29. The lowest BCUT2D eigenvalue weighted by Crippen LogP contribution is -2.52. The fraction of sp³-hybridized carbons (Fsp3) is 0.350. The van der Waals surface area contributed by atoms with Gasteiger partial charge in [0.2, 0.25) is 0 Å².